The van der Waals surface area contributed by atoms with Crippen molar-refractivity contribution < 1.29 is 29.4 Å². The summed E-state index contributed by atoms with van der Waals surface area (Å²) in [6, 6.07) is 9.32. The van der Waals surface area contributed by atoms with Gasteiger partial charge in [0.1, 0.15) is 11.3 Å². The Hall–Kier alpha value is -6.12. The fourth-order valence-corrected chi connectivity index (χ4v) is 6.48. The summed E-state index contributed by atoms with van der Waals surface area (Å²) in [6.45, 7) is 0. The van der Waals surface area contributed by atoms with E-state index in [0.29, 0.717) is 33.1 Å². The minimum absolute atomic E-state index is 0.0328. The van der Waals surface area contributed by atoms with E-state index in [1.54, 1.807) is 36.4 Å². The Morgan fingerprint density at radius 3 is 1.78 bits per heavy atom. The third-order valence-electron chi connectivity index (χ3n) is 8.40. The average molecular weight is 602 g/mol. The number of rotatable bonds is 3. The highest BCUT2D eigenvalue weighted by molar-refractivity contribution is 6.29. The highest BCUT2D eigenvalue weighted by Crippen LogP contribution is 2.49. The number of hydrogen-bond donors (Lipinski definition) is 0. The van der Waals surface area contributed by atoms with Gasteiger partial charge in [0.15, 0.2) is 11.2 Å². The van der Waals surface area contributed by atoms with Crippen LogP contribution in [0.25, 0.3) is 98.8 Å². The van der Waals surface area contributed by atoms with E-state index in [-0.39, 0.29) is 43.8 Å². The highest BCUT2D eigenvalue weighted by atomic mass is 16.4. The Morgan fingerprint density at radius 1 is 0.435 bits per heavy atom. The molecular weight excluding hydrogens is 560 g/mol. The third kappa shape index (κ3) is 3.59. The molecule has 46 heavy (non-hydrogen) atoms. The standard InChI is InChI=1S/C44H26O2/c1-2-14-28(15-3-1)39-26-29-25-37(42-36-22-10-11-24-38(36)45-44(42)43(29)46-39)41-34-20-8-6-18-32(34)40(33-19-7-9-21-35(33)41)31-23-12-16-27-13-4-5-17-30(27)31/h1-26H/i4D,5D,6D,7D,8D,9D,12D,13D,16D,17D,18D,19D,20D,21D,23D. The largest absolute Gasteiger partial charge is 0.452 e. The van der Waals surface area contributed by atoms with Crippen LogP contribution in [0, 0.1) is 0 Å². The van der Waals surface area contributed by atoms with Gasteiger partial charge in [-0.1, -0.05) is 139 Å². The first-order valence-electron chi connectivity index (χ1n) is 22.0. The normalized spacial score (nSPS) is 16.5. The summed E-state index contributed by atoms with van der Waals surface area (Å²) in [4.78, 5) is 0. The van der Waals surface area contributed by atoms with Crippen LogP contribution in [-0.4, -0.2) is 0 Å². The van der Waals surface area contributed by atoms with E-state index in [1.807, 2.05) is 30.3 Å². The van der Waals surface area contributed by atoms with Crippen molar-refractivity contribution in [1.29, 1.82) is 0 Å². The van der Waals surface area contributed by atoms with Gasteiger partial charge >= 0.3 is 0 Å². The van der Waals surface area contributed by atoms with Crippen molar-refractivity contribution in [2.45, 2.75) is 0 Å². The van der Waals surface area contributed by atoms with Crippen LogP contribution in [0.4, 0.5) is 0 Å². The molecule has 0 aliphatic rings. The van der Waals surface area contributed by atoms with E-state index in [0.717, 1.165) is 5.56 Å². The van der Waals surface area contributed by atoms with Crippen molar-refractivity contribution in [3.8, 4) is 33.6 Å². The molecular formula is C44H26O2. The lowest BCUT2D eigenvalue weighted by molar-refractivity contribution is 0.611. The molecule has 2 heterocycles. The minimum Gasteiger partial charge on any atom is -0.452 e. The molecule has 10 aromatic rings. The Balaban J connectivity index is 1.54. The Labute approximate surface area is 285 Å². The van der Waals surface area contributed by atoms with Crippen molar-refractivity contribution in [1.82, 2.24) is 0 Å². The first kappa shape index (κ1) is 14.8. The van der Waals surface area contributed by atoms with Gasteiger partial charge in [0.25, 0.3) is 0 Å². The maximum absolute atomic E-state index is 9.55. The quantitative estimate of drug-likeness (QED) is 0.188. The molecule has 0 saturated heterocycles. The van der Waals surface area contributed by atoms with Crippen molar-refractivity contribution in [2.24, 2.45) is 0 Å². The number of fused-ring (bicyclic) bond motifs is 8. The lowest BCUT2D eigenvalue weighted by Crippen LogP contribution is -1.92. The number of benzene rings is 8. The van der Waals surface area contributed by atoms with Crippen molar-refractivity contribution in [3.63, 3.8) is 0 Å². The van der Waals surface area contributed by atoms with Gasteiger partial charge in [0.05, 0.1) is 20.6 Å². The second-order valence-electron chi connectivity index (χ2n) is 10.9. The summed E-state index contributed by atoms with van der Waals surface area (Å²) < 4.78 is 149. The van der Waals surface area contributed by atoms with E-state index >= 15 is 0 Å². The topological polar surface area (TPSA) is 26.3 Å². The zero-order valence-electron chi connectivity index (χ0n) is 38.7. The SMILES string of the molecule is [2H]c1c([2H])c([2H])c2c(-c3c4c([2H])c([2H])c([2H])c([2H])c4c(-c4cc5cc(-c6ccccc6)oc5c5oc6ccccc6c45)c4c([2H])c([2H])c([2H])c([2H])c34)c([2H])c([2H])c([2H])c2c1[2H]. The molecule has 0 unspecified atom stereocenters. The van der Waals surface area contributed by atoms with Gasteiger partial charge in [-0.15, -0.1) is 0 Å². The van der Waals surface area contributed by atoms with Crippen LogP contribution in [0.5, 0.6) is 0 Å². The molecule has 2 nitrogen and oxygen atoms in total. The summed E-state index contributed by atoms with van der Waals surface area (Å²) >= 11 is 0. The number of para-hydroxylation sites is 1. The van der Waals surface area contributed by atoms with Crippen LogP contribution in [0.1, 0.15) is 20.6 Å². The molecule has 8 aromatic carbocycles. The van der Waals surface area contributed by atoms with E-state index < -0.39 is 107 Å². The fraction of sp³-hybridized carbons (Fsp3) is 0. The Morgan fingerprint density at radius 2 is 1.04 bits per heavy atom. The second-order valence-corrected chi connectivity index (χ2v) is 10.9. The van der Waals surface area contributed by atoms with Gasteiger partial charge in [-0.2, -0.15) is 0 Å². The van der Waals surface area contributed by atoms with Gasteiger partial charge in [-0.25, -0.2) is 0 Å². The minimum atomic E-state index is -0.772. The molecule has 0 aliphatic carbocycles. The van der Waals surface area contributed by atoms with Crippen LogP contribution >= 0.6 is 0 Å². The van der Waals surface area contributed by atoms with Crippen LogP contribution in [0.15, 0.2) is 166 Å². The molecule has 0 fully saturated rings. The fourth-order valence-electron chi connectivity index (χ4n) is 6.48. The monoisotopic (exact) mass is 601 g/mol. The highest BCUT2D eigenvalue weighted by Gasteiger charge is 2.24. The Bertz CT molecular complexity index is 3560. The molecule has 0 spiro atoms. The summed E-state index contributed by atoms with van der Waals surface area (Å²) in [6.07, 6.45) is 0. The molecule has 2 aromatic heterocycles. The molecule has 2 heteroatoms. The first-order valence-corrected chi connectivity index (χ1v) is 14.5. The predicted octanol–water partition coefficient (Wildman–Crippen LogP) is 12.8. The lowest BCUT2D eigenvalue weighted by Gasteiger charge is -2.19. The summed E-state index contributed by atoms with van der Waals surface area (Å²) in [5.41, 5.74) is 1.15. The maximum Gasteiger partial charge on any atom is 0.179 e. The van der Waals surface area contributed by atoms with E-state index in [4.69, 9.17) is 22.5 Å². The number of furan rings is 2. The van der Waals surface area contributed by atoms with Crippen LogP contribution < -0.4 is 0 Å². The number of hydrogen-bond acceptors (Lipinski definition) is 2. The molecule has 0 bridgehead atoms. The smallest absolute Gasteiger partial charge is 0.179 e. The molecule has 0 N–H and O–H groups in total. The van der Waals surface area contributed by atoms with Crippen LogP contribution in [0.3, 0.4) is 0 Å². The van der Waals surface area contributed by atoms with Gasteiger partial charge in [0, 0.05) is 21.7 Å². The summed E-state index contributed by atoms with van der Waals surface area (Å²) in [5.74, 6) is 0.479. The zero-order chi connectivity index (χ0) is 43.2. The van der Waals surface area contributed by atoms with Gasteiger partial charge in [-0.05, 0) is 72.8 Å². The molecule has 0 atom stereocenters. The van der Waals surface area contributed by atoms with Crippen LogP contribution in [0.2, 0.25) is 0 Å². The van der Waals surface area contributed by atoms with Gasteiger partial charge in [0.2, 0.25) is 0 Å². The summed E-state index contributed by atoms with van der Waals surface area (Å²) in [5, 5.41) is -0.555. The molecule has 0 saturated carbocycles. The molecule has 0 amide bonds. The lowest BCUT2D eigenvalue weighted by atomic mass is 9.83. The summed E-state index contributed by atoms with van der Waals surface area (Å²) in [7, 11) is 0. The van der Waals surface area contributed by atoms with Crippen molar-refractivity contribution in [2.75, 3.05) is 0 Å². The Kier molecular flexibility index (Phi) is 3.11. The maximum atomic E-state index is 9.55. The first-order chi connectivity index (χ1) is 29.1. The molecule has 0 radical (unpaired) electrons. The van der Waals surface area contributed by atoms with Crippen molar-refractivity contribution >= 4 is 65.2 Å². The van der Waals surface area contributed by atoms with E-state index in [2.05, 4.69) is 0 Å². The van der Waals surface area contributed by atoms with Crippen molar-refractivity contribution in [3.05, 3.63) is 157 Å². The molecule has 10 rings (SSSR count). The van der Waals surface area contributed by atoms with Gasteiger partial charge < -0.3 is 8.83 Å². The van der Waals surface area contributed by atoms with E-state index in [9.17, 15) is 6.85 Å². The molecule has 214 valence electrons. The predicted molar refractivity (Wildman–Crippen MR) is 192 cm³/mol. The zero-order valence-corrected chi connectivity index (χ0v) is 23.7. The third-order valence-corrected chi connectivity index (χ3v) is 8.40. The molecule has 0 aliphatic heterocycles. The average Bonchev–Trinajstić information content (AvgIpc) is 3.88. The van der Waals surface area contributed by atoms with Gasteiger partial charge in [-0.3, -0.25) is 0 Å². The van der Waals surface area contributed by atoms with E-state index in [1.165, 1.54) is 0 Å². The van der Waals surface area contributed by atoms with Crippen LogP contribution in [-0.2, 0) is 0 Å². The second kappa shape index (κ2) is 9.69.